The number of methoxy groups -OCH3 is 1. The van der Waals surface area contributed by atoms with Gasteiger partial charge >= 0.3 is 0 Å². The average molecular weight is 274 g/mol. The van der Waals surface area contributed by atoms with E-state index >= 15 is 0 Å². The van der Waals surface area contributed by atoms with Crippen LogP contribution < -0.4 is 15.8 Å². The Labute approximate surface area is 120 Å². The van der Waals surface area contributed by atoms with Crippen LogP contribution >= 0.6 is 0 Å². The molecule has 0 fully saturated rings. The Morgan fingerprint density at radius 3 is 2.85 bits per heavy atom. The van der Waals surface area contributed by atoms with Crippen molar-refractivity contribution in [2.45, 2.75) is 26.7 Å². The minimum Gasteiger partial charge on any atom is -0.495 e. The van der Waals surface area contributed by atoms with Crippen LogP contribution in [0.5, 0.6) is 5.75 Å². The monoisotopic (exact) mass is 274 g/mol. The first-order valence-corrected chi connectivity index (χ1v) is 6.80. The third kappa shape index (κ3) is 4.60. The molecule has 0 bridgehead atoms. The summed E-state index contributed by atoms with van der Waals surface area (Å²) in [6, 6.07) is 5.44. The van der Waals surface area contributed by atoms with Crippen molar-refractivity contribution in [3.63, 3.8) is 0 Å². The zero-order valence-electron chi connectivity index (χ0n) is 12.3. The van der Waals surface area contributed by atoms with E-state index in [0.29, 0.717) is 18.0 Å². The van der Waals surface area contributed by atoms with Crippen molar-refractivity contribution in [2.75, 3.05) is 19.0 Å². The van der Waals surface area contributed by atoms with Gasteiger partial charge in [0, 0.05) is 11.5 Å². The molecule has 3 N–H and O–H groups in total. The van der Waals surface area contributed by atoms with Gasteiger partial charge in [0.25, 0.3) is 0 Å². The highest BCUT2D eigenvalue weighted by molar-refractivity contribution is 5.94. The zero-order chi connectivity index (χ0) is 15.0. The van der Waals surface area contributed by atoms with Gasteiger partial charge in [-0.3, -0.25) is 4.79 Å². The molecule has 20 heavy (non-hydrogen) atoms. The molecule has 1 aromatic carbocycles. The maximum Gasteiger partial charge on any atom is 0.227 e. The topological polar surface area (TPSA) is 64.4 Å². The van der Waals surface area contributed by atoms with Crippen LogP contribution in [0.3, 0.4) is 0 Å². The molecule has 0 heterocycles. The van der Waals surface area contributed by atoms with E-state index < -0.39 is 0 Å². The second-order valence-corrected chi connectivity index (χ2v) is 4.60. The van der Waals surface area contributed by atoms with E-state index in [0.717, 1.165) is 18.4 Å². The predicted molar refractivity (Wildman–Crippen MR) is 81.6 cm³/mol. The Hall–Kier alpha value is -1.99. The fourth-order valence-corrected chi connectivity index (χ4v) is 1.86. The average Bonchev–Trinajstić information content (AvgIpc) is 2.45. The van der Waals surface area contributed by atoms with Gasteiger partial charge in [-0.25, -0.2) is 0 Å². The number of hydrogen-bond acceptors (Lipinski definition) is 3. The van der Waals surface area contributed by atoms with Gasteiger partial charge in [0.2, 0.25) is 5.91 Å². The number of carbonyl (C=O) groups is 1. The van der Waals surface area contributed by atoms with Gasteiger partial charge in [-0.15, -0.1) is 0 Å². The number of ether oxygens (including phenoxy) is 1. The number of rotatable bonds is 5. The van der Waals surface area contributed by atoms with Gasteiger partial charge < -0.3 is 15.8 Å². The van der Waals surface area contributed by atoms with Crippen LogP contribution in [-0.2, 0) is 4.79 Å². The van der Waals surface area contributed by atoms with E-state index in [1.807, 2.05) is 13.0 Å². The van der Waals surface area contributed by atoms with Crippen molar-refractivity contribution in [1.29, 1.82) is 0 Å². The third-order valence-corrected chi connectivity index (χ3v) is 2.96. The molecule has 0 aliphatic carbocycles. The summed E-state index contributed by atoms with van der Waals surface area (Å²) >= 11 is 0. The first-order chi connectivity index (χ1) is 9.62. The summed E-state index contributed by atoms with van der Waals surface area (Å²) < 4.78 is 5.26. The SMILES string of the molecule is CCCC(C)C(=O)Nc1cc(C#CCN)ccc1OC. The molecule has 0 saturated heterocycles. The molecular formula is C16H22N2O2. The molecule has 4 heteroatoms. The number of amides is 1. The smallest absolute Gasteiger partial charge is 0.227 e. The molecule has 1 unspecified atom stereocenters. The van der Waals surface area contributed by atoms with E-state index in [4.69, 9.17) is 10.5 Å². The molecule has 0 spiro atoms. The lowest BCUT2D eigenvalue weighted by Gasteiger charge is -2.14. The fraction of sp³-hybridized carbons (Fsp3) is 0.438. The lowest BCUT2D eigenvalue weighted by Crippen LogP contribution is -2.20. The van der Waals surface area contributed by atoms with E-state index in [9.17, 15) is 4.79 Å². The zero-order valence-corrected chi connectivity index (χ0v) is 12.3. The summed E-state index contributed by atoms with van der Waals surface area (Å²) in [6.07, 6.45) is 1.84. The van der Waals surface area contributed by atoms with Gasteiger partial charge in [0.1, 0.15) is 5.75 Å². The Morgan fingerprint density at radius 1 is 1.50 bits per heavy atom. The number of carbonyl (C=O) groups excluding carboxylic acids is 1. The number of benzene rings is 1. The van der Waals surface area contributed by atoms with Crippen molar-refractivity contribution in [3.8, 4) is 17.6 Å². The second kappa shape index (κ2) is 8.23. The summed E-state index contributed by atoms with van der Waals surface area (Å²) in [5.41, 5.74) is 6.80. The molecule has 1 amide bonds. The molecular weight excluding hydrogens is 252 g/mol. The van der Waals surface area contributed by atoms with Gasteiger partial charge in [-0.2, -0.15) is 0 Å². The van der Waals surface area contributed by atoms with E-state index in [1.54, 1.807) is 19.2 Å². The maximum atomic E-state index is 12.1. The largest absolute Gasteiger partial charge is 0.495 e. The molecule has 0 aromatic heterocycles. The number of anilines is 1. The van der Waals surface area contributed by atoms with Crippen LogP contribution in [0.4, 0.5) is 5.69 Å². The highest BCUT2D eigenvalue weighted by atomic mass is 16.5. The third-order valence-electron chi connectivity index (χ3n) is 2.96. The van der Waals surface area contributed by atoms with E-state index in [2.05, 4.69) is 24.1 Å². The van der Waals surface area contributed by atoms with Crippen molar-refractivity contribution >= 4 is 11.6 Å². The predicted octanol–water partition coefficient (Wildman–Crippen LogP) is 2.38. The van der Waals surface area contributed by atoms with E-state index in [-0.39, 0.29) is 11.8 Å². The number of hydrogen-bond donors (Lipinski definition) is 2. The van der Waals surface area contributed by atoms with Crippen molar-refractivity contribution in [1.82, 2.24) is 0 Å². The summed E-state index contributed by atoms with van der Waals surface area (Å²) in [5, 5.41) is 2.90. The first kappa shape index (κ1) is 16.1. The summed E-state index contributed by atoms with van der Waals surface area (Å²) in [6.45, 7) is 4.29. The molecule has 1 aromatic rings. The molecule has 0 radical (unpaired) electrons. The molecule has 4 nitrogen and oxygen atoms in total. The minimum atomic E-state index is -0.0245. The summed E-state index contributed by atoms with van der Waals surface area (Å²) in [4.78, 5) is 12.1. The van der Waals surface area contributed by atoms with Gasteiger partial charge in [0.15, 0.2) is 0 Å². The number of nitrogens with two attached hydrogens (primary N) is 1. The van der Waals surface area contributed by atoms with Crippen LogP contribution in [0.25, 0.3) is 0 Å². The minimum absolute atomic E-state index is 0.00548. The fourth-order valence-electron chi connectivity index (χ4n) is 1.86. The Morgan fingerprint density at radius 2 is 2.25 bits per heavy atom. The van der Waals surface area contributed by atoms with Crippen molar-refractivity contribution in [2.24, 2.45) is 11.7 Å². The van der Waals surface area contributed by atoms with Crippen LogP contribution in [0, 0.1) is 17.8 Å². The highest BCUT2D eigenvalue weighted by Crippen LogP contribution is 2.26. The number of nitrogens with one attached hydrogen (secondary N) is 1. The van der Waals surface area contributed by atoms with Gasteiger partial charge in [-0.1, -0.05) is 32.1 Å². The Bertz CT molecular complexity index is 515. The van der Waals surface area contributed by atoms with E-state index in [1.165, 1.54) is 0 Å². The van der Waals surface area contributed by atoms with Crippen LogP contribution in [-0.4, -0.2) is 19.6 Å². The first-order valence-electron chi connectivity index (χ1n) is 6.80. The van der Waals surface area contributed by atoms with Gasteiger partial charge in [0.05, 0.1) is 19.3 Å². The molecule has 0 aliphatic heterocycles. The molecule has 1 atom stereocenters. The molecule has 0 aliphatic rings. The standard InChI is InChI=1S/C16H22N2O2/c1-4-6-12(2)16(19)18-14-11-13(7-5-10-17)8-9-15(14)20-3/h8-9,11-12H,4,6,10,17H2,1-3H3,(H,18,19). The highest BCUT2D eigenvalue weighted by Gasteiger charge is 2.14. The second-order valence-electron chi connectivity index (χ2n) is 4.60. The van der Waals surface area contributed by atoms with Crippen LogP contribution in [0.15, 0.2) is 18.2 Å². The van der Waals surface area contributed by atoms with Gasteiger partial charge in [-0.05, 0) is 24.6 Å². The van der Waals surface area contributed by atoms with Crippen molar-refractivity contribution < 1.29 is 9.53 Å². The lowest BCUT2D eigenvalue weighted by atomic mass is 10.1. The van der Waals surface area contributed by atoms with Crippen molar-refractivity contribution in [3.05, 3.63) is 23.8 Å². The quantitative estimate of drug-likeness (QED) is 0.810. The molecule has 0 saturated carbocycles. The molecule has 1 rings (SSSR count). The maximum absolute atomic E-state index is 12.1. The normalized spacial score (nSPS) is 11.2. The Balaban J connectivity index is 2.93. The molecule has 108 valence electrons. The lowest BCUT2D eigenvalue weighted by molar-refractivity contribution is -0.119. The van der Waals surface area contributed by atoms with Crippen LogP contribution in [0.2, 0.25) is 0 Å². The Kier molecular flexibility index (Phi) is 6.61. The van der Waals surface area contributed by atoms with Crippen LogP contribution in [0.1, 0.15) is 32.3 Å². The summed E-state index contributed by atoms with van der Waals surface area (Å²) in [7, 11) is 1.58. The summed E-state index contributed by atoms with van der Waals surface area (Å²) in [5.74, 6) is 6.33.